The fourth-order valence-corrected chi connectivity index (χ4v) is 4.09. The Morgan fingerprint density at radius 1 is 1.25 bits per heavy atom. The van der Waals surface area contributed by atoms with Crippen molar-refractivity contribution in [3.05, 3.63) is 57.5 Å². The van der Waals surface area contributed by atoms with E-state index in [2.05, 4.69) is 25.6 Å². The number of benzene rings is 2. The summed E-state index contributed by atoms with van der Waals surface area (Å²) in [4.78, 5) is 13.7. The standard InChI is InChI=1S/C17H17BrClN3O3S.ClH.K/c1-22(2)11-20-26(24,25)16-10-13(7-8-14(16)18)21-17(23)9-12-5-3-4-6-15(12)19;;/h3-8,10-11H,9H2,1-2H3,(H,21,23);1H;. The largest absolute Gasteiger partial charge is 0.368 e. The van der Waals surface area contributed by atoms with Crippen molar-refractivity contribution in [2.24, 2.45) is 4.40 Å². The molecule has 6 nitrogen and oxygen atoms in total. The van der Waals surface area contributed by atoms with Crippen LogP contribution in [-0.4, -0.2) is 91.0 Å². The molecule has 1 radical (unpaired) electrons. The van der Waals surface area contributed by atoms with Gasteiger partial charge in [0.05, 0.1) is 6.42 Å². The van der Waals surface area contributed by atoms with E-state index in [9.17, 15) is 13.2 Å². The van der Waals surface area contributed by atoms with Gasteiger partial charge in [-0.3, -0.25) is 4.79 Å². The Kier molecular flexibility index (Phi) is 12.7. The maximum Gasteiger partial charge on any atom is 0.284 e. The van der Waals surface area contributed by atoms with Crippen LogP contribution in [0.3, 0.4) is 0 Å². The van der Waals surface area contributed by atoms with Gasteiger partial charge < -0.3 is 10.2 Å². The van der Waals surface area contributed by atoms with Crippen LogP contribution in [0, 0.1) is 0 Å². The Morgan fingerprint density at radius 2 is 1.89 bits per heavy atom. The van der Waals surface area contributed by atoms with Gasteiger partial charge in [-0.15, -0.1) is 16.8 Å². The molecule has 0 fully saturated rings. The number of nitrogens with zero attached hydrogens (tertiary/aromatic N) is 2. The van der Waals surface area contributed by atoms with Crippen LogP contribution < -0.4 is 5.32 Å². The van der Waals surface area contributed by atoms with E-state index in [-0.39, 0.29) is 81.0 Å². The van der Waals surface area contributed by atoms with Crippen LogP contribution in [0.5, 0.6) is 0 Å². The van der Waals surface area contributed by atoms with Crippen molar-refractivity contribution in [3.8, 4) is 0 Å². The molecule has 11 heteroatoms. The summed E-state index contributed by atoms with van der Waals surface area (Å²) in [5, 5.41) is 3.18. The molecule has 147 valence electrons. The molecular formula is C17H18BrCl2KN3O3S. The van der Waals surface area contributed by atoms with Crippen LogP contribution in [0.4, 0.5) is 5.69 Å². The summed E-state index contributed by atoms with van der Waals surface area (Å²) in [6.07, 6.45) is 1.28. The summed E-state index contributed by atoms with van der Waals surface area (Å²) in [6.45, 7) is 0. The van der Waals surface area contributed by atoms with Gasteiger partial charge in [-0.05, 0) is 45.8 Å². The summed E-state index contributed by atoms with van der Waals surface area (Å²) in [5.74, 6) is -0.305. The molecule has 0 aliphatic heterocycles. The monoisotopic (exact) mass is 532 g/mol. The van der Waals surface area contributed by atoms with Gasteiger partial charge in [-0.1, -0.05) is 29.8 Å². The molecule has 0 unspecified atom stereocenters. The SMILES string of the molecule is CN(C)C=NS(=O)(=O)c1cc(NC(=O)Cc2ccccc2Cl)ccc1Br.Cl.[K]. The number of carbonyl (C=O) groups is 1. The Labute approximate surface area is 227 Å². The molecule has 0 saturated carbocycles. The molecule has 28 heavy (non-hydrogen) atoms. The fourth-order valence-electron chi connectivity index (χ4n) is 2.01. The molecule has 0 aliphatic rings. The van der Waals surface area contributed by atoms with Crippen LogP contribution in [0.25, 0.3) is 0 Å². The number of hydrogen-bond donors (Lipinski definition) is 1. The molecule has 0 aliphatic carbocycles. The molecule has 0 bridgehead atoms. The number of rotatable bonds is 6. The molecule has 1 N–H and O–H groups in total. The van der Waals surface area contributed by atoms with E-state index in [1.165, 1.54) is 17.3 Å². The summed E-state index contributed by atoms with van der Waals surface area (Å²) in [7, 11) is -0.569. The number of halogens is 3. The van der Waals surface area contributed by atoms with Gasteiger partial charge in [0.25, 0.3) is 10.0 Å². The van der Waals surface area contributed by atoms with E-state index in [0.29, 0.717) is 20.7 Å². The first kappa shape index (κ1) is 28.0. The molecular weight excluding hydrogens is 516 g/mol. The van der Waals surface area contributed by atoms with E-state index in [1.54, 1.807) is 50.5 Å². The van der Waals surface area contributed by atoms with Crippen LogP contribution in [0.1, 0.15) is 5.56 Å². The number of sulfonamides is 1. The summed E-state index contributed by atoms with van der Waals surface area (Å²) >= 11 is 9.26. The Balaban J connectivity index is 0.00000364. The van der Waals surface area contributed by atoms with E-state index < -0.39 is 10.0 Å². The second-order valence-electron chi connectivity index (χ2n) is 5.62. The van der Waals surface area contributed by atoms with Crippen molar-refractivity contribution in [1.82, 2.24) is 4.90 Å². The molecule has 0 heterocycles. The van der Waals surface area contributed by atoms with Gasteiger partial charge in [-0.25, -0.2) is 0 Å². The smallest absolute Gasteiger partial charge is 0.284 e. The zero-order valence-corrected chi connectivity index (χ0v) is 22.6. The van der Waals surface area contributed by atoms with E-state index >= 15 is 0 Å². The number of carbonyl (C=O) groups excluding carboxylic acids is 1. The maximum atomic E-state index is 12.3. The maximum absolute atomic E-state index is 12.3. The fraction of sp³-hybridized carbons (Fsp3) is 0.176. The third-order valence-electron chi connectivity index (χ3n) is 3.22. The van der Waals surface area contributed by atoms with Crippen LogP contribution in [0.2, 0.25) is 5.02 Å². The zero-order chi connectivity index (χ0) is 19.3. The number of amides is 1. The summed E-state index contributed by atoms with van der Waals surface area (Å²) < 4.78 is 28.7. The van der Waals surface area contributed by atoms with Gasteiger partial charge in [-0.2, -0.15) is 8.42 Å². The minimum atomic E-state index is -3.90. The predicted molar refractivity (Wildman–Crippen MR) is 120 cm³/mol. The average Bonchev–Trinajstić information content (AvgIpc) is 2.57. The third-order valence-corrected chi connectivity index (χ3v) is 5.81. The second-order valence-corrected chi connectivity index (χ2v) is 8.48. The van der Waals surface area contributed by atoms with E-state index in [0.717, 1.165) is 0 Å². The van der Waals surface area contributed by atoms with Crippen molar-refractivity contribution < 1.29 is 13.2 Å². The van der Waals surface area contributed by atoms with Crippen molar-refractivity contribution >= 4 is 119 Å². The quantitative estimate of drug-likeness (QED) is 0.349. The van der Waals surface area contributed by atoms with Gasteiger partial charge in [0.15, 0.2) is 0 Å². The molecule has 2 rings (SSSR count). The molecule has 0 atom stereocenters. The average molecular weight is 534 g/mol. The topological polar surface area (TPSA) is 78.8 Å². The first-order valence-corrected chi connectivity index (χ1v) is 10.1. The van der Waals surface area contributed by atoms with Crippen molar-refractivity contribution in [2.75, 3.05) is 19.4 Å². The molecule has 0 aromatic heterocycles. The number of nitrogens with one attached hydrogen (secondary N) is 1. The van der Waals surface area contributed by atoms with Crippen LogP contribution >= 0.6 is 39.9 Å². The van der Waals surface area contributed by atoms with Crippen LogP contribution in [0.15, 0.2) is 56.2 Å². The third kappa shape index (κ3) is 8.41. The van der Waals surface area contributed by atoms with Gasteiger partial charge in [0, 0.05) is 80.7 Å². The molecule has 2 aromatic carbocycles. The van der Waals surface area contributed by atoms with Crippen molar-refractivity contribution in [1.29, 1.82) is 0 Å². The summed E-state index contributed by atoms with van der Waals surface area (Å²) in [6, 6.07) is 11.5. The second kappa shape index (κ2) is 12.7. The first-order valence-electron chi connectivity index (χ1n) is 7.49. The number of hydrogen-bond acceptors (Lipinski definition) is 3. The molecule has 2 aromatic rings. The van der Waals surface area contributed by atoms with Crippen LogP contribution in [-0.2, 0) is 21.2 Å². The van der Waals surface area contributed by atoms with Gasteiger partial charge >= 0.3 is 0 Å². The Hall–Kier alpha value is 0.0264. The van der Waals surface area contributed by atoms with Gasteiger partial charge in [0.2, 0.25) is 5.91 Å². The first-order chi connectivity index (χ1) is 12.2. The van der Waals surface area contributed by atoms with E-state index in [1.807, 2.05) is 0 Å². The van der Waals surface area contributed by atoms with Crippen molar-refractivity contribution in [2.45, 2.75) is 11.3 Å². The molecule has 0 spiro atoms. The zero-order valence-electron chi connectivity index (χ0n) is 15.5. The summed E-state index contributed by atoms with van der Waals surface area (Å²) in [5.41, 5.74) is 1.04. The minimum Gasteiger partial charge on any atom is -0.368 e. The minimum absolute atomic E-state index is 0. The Morgan fingerprint density at radius 3 is 2.50 bits per heavy atom. The Bertz CT molecular complexity index is 956. The predicted octanol–water partition coefficient (Wildman–Crippen LogP) is 3.60. The molecule has 0 saturated heterocycles. The normalized spacial score (nSPS) is 10.7. The molecule has 1 amide bonds. The van der Waals surface area contributed by atoms with E-state index in [4.69, 9.17) is 11.6 Å². The van der Waals surface area contributed by atoms with Crippen molar-refractivity contribution in [3.63, 3.8) is 0 Å². The number of anilines is 1. The van der Waals surface area contributed by atoms with Gasteiger partial charge in [0.1, 0.15) is 11.2 Å².